The quantitative estimate of drug-likeness (QED) is 0.670. The van der Waals surface area contributed by atoms with Gasteiger partial charge in [-0.05, 0) is 23.5 Å². The van der Waals surface area contributed by atoms with Crippen molar-refractivity contribution in [3.05, 3.63) is 35.4 Å². The lowest BCUT2D eigenvalue weighted by atomic mass is 10.0. The number of hydrogen-bond donors (Lipinski definition) is 3. The van der Waals surface area contributed by atoms with Gasteiger partial charge in [-0.25, -0.2) is 4.79 Å². The molecule has 0 bridgehead atoms. The average molecular weight is 278 g/mol. The van der Waals surface area contributed by atoms with E-state index in [9.17, 15) is 9.59 Å². The molecule has 20 heavy (non-hydrogen) atoms. The van der Waals surface area contributed by atoms with E-state index in [1.165, 1.54) is 5.56 Å². The molecular formula is C15H22N2O3. The third-order valence-corrected chi connectivity index (χ3v) is 2.95. The fraction of sp³-hybridized carbons (Fsp3) is 0.467. The second-order valence-electron chi connectivity index (χ2n) is 5.00. The van der Waals surface area contributed by atoms with E-state index in [-0.39, 0.29) is 12.5 Å². The van der Waals surface area contributed by atoms with Gasteiger partial charge in [-0.15, -0.1) is 0 Å². The van der Waals surface area contributed by atoms with Gasteiger partial charge < -0.3 is 15.7 Å². The van der Waals surface area contributed by atoms with Crippen LogP contribution in [0.15, 0.2) is 24.3 Å². The monoisotopic (exact) mass is 278 g/mol. The number of carbonyl (C=O) groups excluding carboxylic acids is 1. The Kier molecular flexibility index (Phi) is 6.56. The maximum atomic E-state index is 11.5. The molecular weight excluding hydrogens is 256 g/mol. The van der Waals surface area contributed by atoms with E-state index in [0.717, 1.165) is 5.56 Å². The van der Waals surface area contributed by atoms with Crippen LogP contribution < -0.4 is 10.6 Å². The molecule has 2 amide bonds. The van der Waals surface area contributed by atoms with Crippen LogP contribution in [0.5, 0.6) is 0 Å². The summed E-state index contributed by atoms with van der Waals surface area (Å²) in [5.74, 6) is -0.355. The highest BCUT2D eigenvalue weighted by atomic mass is 16.4. The smallest absolute Gasteiger partial charge is 0.315 e. The number of carboxylic acid groups (broad SMARTS) is 1. The van der Waals surface area contributed by atoms with Crippen LogP contribution in [0.1, 0.15) is 43.7 Å². The standard InChI is InChI=1S/C15H22N2O3/c1-11(2)13-7-5-12(6-8-13)10-17-15(20)16-9-3-4-14(18)19/h5-8,11H,3-4,9-10H2,1-2H3,(H,18,19)(H2,16,17,20). The normalized spacial score (nSPS) is 10.3. The lowest BCUT2D eigenvalue weighted by Crippen LogP contribution is -2.35. The van der Waals surface area contributed by atoms with Gasteiger partial charge in [0.25, 0.3) is 0 Å². The minimum atomic E-state index is -0.850. The second-order valence-corrected chi connectivity index (χ2v) is 5.00. The Hall–Kier alpha value is -2.04. The van der Waals surface area contributed by atoms with Gasteiger partial charge in [0, 0.05) is 19.5 Å². The first-order valence-electron chi connectivity index (χ1n) is 6.81. The number of carbonyl (C=O) groups is 2. The molecule has 0 atom stereocenters. The molecule has 0 aliphatic heterocycles. The number of amides is 2. The molecule has 0 unspecified atom stereocenters. The molecule has 5 heteroatoms. The van der Waals surface area contributed by atoms with Crippen LogP contribution in [-0.4, -0.2) is 23.7 Å². The third kappa shape index (κ3) is 6.22. The van der Waals surface area contributed by atoms with Gasteiger partial charge in [-0.3, -0.25) is 4.79 Å². The zero-order valence-electron chi connectivity index (χ0n) is 12.0. The molecule has 1 rings (SSSR count). The highest BCUT2D eigenvalue weighted by Gasteiger charge is 2.02. The number of hydrogen-bond acceptors (Lipinski definition) is 2. The van der Waals surface area contributed by atoms with E-state index in [0.29, 0.717) is 25.4 Å². The summed E-state index contributed by atoms with van der Waals surface area (Å²) in [6.07, 6.45) is 0.503. The van der Waals surface area contributed by atoms with Crippen molar-refractivity contribution in [2.24, 2.45) is 0 Å². The number of carboxylic acids is 1. The van der Waals surface area contributed by atoms with E-state index in [2.05, 4.69) is 36.6 Å². The highest BCUT2D eigenvalue weighted by Crippen LogP contribution is 2.14. The molecule has 0 aromatic heterocycles. The second kappa shape index (κ2) is 8.19. The fourth-order valence-electron chi connectivity index (χ4n) is 1.71. The van der Waals surface area contributed by atoms with Crippen molar-refractivity contribution in [2.75, 3.05) is 6.54 Å². The maximum Gasteiger partial charge on any atom is 0.315 e. The summed E-state index contributed by atoms with van der Waals surface area (Å²) in [7, 11) is 0. The van der Waals surface area contributed by atoms with Gasteiger partial charge in [-0.2, -0.15) is 0 Å². The number of rotatable bonds is 7. The Labute approximate surface area is 119 Å². The molecule has 0 fully saturated rings. The first-order valence-corrected chi connectivity index (χ1v) is 6.81. The largest absolute Gasteiger partial charge is 0.481 e. The Morgan fingerprint density at radius 3 is 2.35 bits per heavy atom. The average Bonchev–Trinajstić information content (AvgIpc) is 2.41. The van der Waals surface area contributed by atoms with Crippen LogP contribution in [0.3, 0.4) is 0 Å². The van der Waals surface area contributed by atoms with E-state index < -0.39 is 5.97 Å². The van der Waals surface area contributed by atoms with Crippen molar-refractivity contribution in [1.29, 1.82) is 0 Å². The summed E-state index contributed by atoms with van der Waals surface area (Å²) in [5, 5.41) is 13.8. The predicted octanol–water partition coefficient (Wildman–Crippen LogP) is 2.47. The van der Waals surface area contributed by atoms with Crippen molar-refractivity contribution in [2.45, 2.75) is 39.2 Å². The number of aliphatic carboxylic acids is 1. The summed E-state index contributed by atoms with van der Waals surface area (Å²) < 4.78 is 0. The van der Waals surface area contributed by atoms with Crippen molar-refractivity contribution >= 4 is 12.0 Å². The first-order chi connectivity index (χ1) is 9.49. The van der Waals surface area contributed by atoms with Gasteiger partial charge >= 0.3 is 12.0 Å². The van der Waals surface area contributed by atoms with Crippen molar-refractivity contribution in [1.82, 2.24) is 10.6 Å². The van der Waals surface area contributed by atoms with E-state index in [1.807, 2.05) is 12.1 Å². The SMILES string of the molecule is CC(C)c1ccc(CNC(=O)NCCCC(=O)O)cc1. The molecule has 1 aromatic rings. The number of nitrogens with one attached hydrogen (secondary N) is 2. The lowest BCUT2D eigenvalue weighted by Gasteiger charge is -2.09. The van der Waals surface area contributed by atoms with Crippen molar-refractivity contribution in [3.63, 3.8) is 0 Å². The Bertz CT molecular complexity index is 441. The summed E-state index contributed by atoms with van der Waals surface area (Å²) in [6, 6.07) is 7.85. The summed E-state index contributed by atoms with van der Waals surface area (Å²) in [4.78, 5) is 21.8. The molecule has 0 aliphatic rings. The molecule has 0 saturated heterocycles. The Balaban J connectivity index is 2.25. The number of benzene rings is 1. The Morgan fingerprint density at radius 2 is 1.80 bits per heavy atom. The van der Waals surface area contributed by atoms with E-state index in [4.69, 9.17) is 5.11 Å². The lowest BCUT2D eigenvalue weighted by molar-refractivity contribution is -0.137. The molecule has 0 spiro atoms. The number of urea groups is 1. The minimum Gasteiger partial charge on any atom is -0.481 e. The van der Waals surface area contributed by atoms with E-state index in [1.54, 1.807) is 0 Å². The summed E-state index contributed by atoms with van der Waals surface area (Å²) in [5.41, 5.74) is 2.31. The molecule has 110 valence electrons. The summed E-state index contributed by atoms with van der Waals surface area (Å²) in [6.45, 7) is 5.10. The zero-order valence-corrected chi connectivity index (χ0v) is 12.0. The van der Waals surface area contributed by atoms with Gasteiger partial charge in [0.1, 0.15) is 0 Å². The van der Waals surface area contributed by atoms with Crippen molar-refractivity contribution < 1.29 is 14.7 Å². The van der Waals surface area contributed by atoms with Gasteiger partial charge in [-0.1, -0.05) is 38.1 Å². The van der Waals surface area contributed by atoms with E-state index >= 15 is 0 Å². The minimum absolute atomic E-state index is 0.0664. The van der Waals surface area contributed by atoms with Crippen LogP contribution >= 0.6 is 0 Å². The van der Waals surface area contributed by atoms with Crippen molar-refractivity contribution in [3.8, 4) is 0 Å². The predicted molar refractivity (Wildman–Crippen MR) is 77.6 cm³/mol. The molecule has 3 N–H and O–H groups in total. The summed E-state index contributed by atoms with van der Waals surface area (Å²) >= 11 is 0. The Morgan fingerprint density at radius 1 is 1.15 bits per heavy atom. The molecule has 0 aliphatic carbocycles. The van der Waals surface area contributed by atoms with Crippen LogP contribution in [0.4, 0.5) is 4.79 Å². The molecule has 0 heterocycles. The third-order valence-electron chi connectivity index (χ3n) is 2.95. The highest BCUT2D eigenvalue weighted by molar-refractivity contribution is 5.73. The van der Waals surface area contributed by atoms with Gasteiger partial charge in [0.15, 0.2) is 0 Å². The molecule has 0 radical (unpaired) electrons. The molecule has 5 nitrogen and oxygen atoms in total. The van der Waals surface area contributed by atoms with Gasteiger partial charge in [0.05, 0.1) is 0 Å². The zero-order chi connectivity index (χ0) is 15.0. The van der Waals surface area contributed by atoms with Crippen LogP contribution in [-0.2, 0) is 11.3 Å². The fourth-order valence-corrected chi connectivity index (χ4v) is 1.71. The van der Waals surface area contributed by atoms with Crippen LogP contribution in [0.2, 0.25) is 0 Å². The molecule has 0 saturated carbocycles. The van der Waals surface area contributed by atoms with Crippen LogP contribution in [0.25, 0.3) is 0 Å². The maximum absolute atomic E-state index is 11.5. The van der Waals surface area contributed by atoms with Gasteiger partial charge in [0.2, 0.25) is 0 Å². The van der Waals surface area contributed by atoms with Crippen LogP contribution in [0, 0.1) is 0 Å². The topological polar surface area (TPSA) is 78.4 Å². The molecule has 1 aromatic carbocycles. The first kappa shape index (κ1) is 16.0.